The zero-order valence-electron chi connectivity index (χ0n) is 16.2. The summed E-state index contributed by atoms with van der Waals surface area (Å²) in [5.41, 5.74) is 1.52. The third-order valence-electron chi connectivity index (χ3n) is 4.47. The van der Waals surface area contributed by atoms with E-state index in [4.69, 9.17) is 11.6 Å². The largest absolute Gasteiger partial charge is 0.507 e. The van der Waals surface area contributed by atoms with Crippen LogP contribution < -0.4 is 4.72 Å². The van der Waals surface area contributed by atoms with Crippen molar-refractivity contribution >= 4 is 27.5 Å². The average Bonchev–Trinajstić information content (AvgIpc) is 2.73. The van der Waals surface area contributed by atoms with Crippen molar-refractivity contribution in [1.29, 1.82) is 0 Å². The van der Waals surface area contributed by atoms with E-state index in [1.54, 1.807) is 37.4 Å². The lowest BCUT2D eigenvalue weighted by atomic mass is 10.1. The van der Waals surface area contributed by atoms with E-state index >= 15 is 0 Å². The highest BCUT2D eigenvalue weighted by Gasteiger charge is 2.21. The maximum Gasteiger partial charge on any atom is 0.257 e. The van der Waals surface area contributed by atoms with Crippen molar-refractivity contribution in [2.24, 2.45) is 0 Å². The second-order valence-corrected chi connectivity index (χ2v) is 8.98. The van der Waals surface area contributed by atoms with E-state index in [-0.39, 0.29) is 29.3 Å². The molecule has 0 saturated heterocycles. The number of hydrogen-bond acceptors (Lipinski definition) is 4. The lowest BCUT2D eigenvalue weighted by Crippen LogP contribution is -2.27. The van der Waals surface area contributed by atoms with E-state index in [0.717, 1.165) is 11.1 Å². The van der Waals surface area contributed by atoms with Gasteiger partial charge in [-0.15, -0.1) is 0 Å². The molecule has 8 heteroatoms. The van der Waals surface area contributed by atoms with Gasteiger partial charge >= 0.3 is 0 Å². The molecule has 6 nitrogen and oxygen atoms in total. The zero-order chi connectivity index (χ0) is 21.7. The van der Waals surface area contributed by atoms with E-state index in [1.165, 1.54) is 23.1 Å². The molecule has 0 aliphatic carbocycles. The Morgan fingerprint density at radius 3 is 2.40 bits per heavy atom. The molecule has 0 saturated carbocycles. The summed E-state index contributed by atoms with van der Waals surface area (Å²) in [5, 5.41) is 10.7. The molecular formula is C22H21ClN2O4S. The first-order valence-corrected chi connectivity index (χ1v) is 11.0. The molecule has 0 aliphatic rings. The van der Waals surface area contributed by atoms with Crippen LogP contribution in [0.4, 0.5) is 0 Å². The van der Waals surface area contributed by atoms with E-state index in [1.807, 2.05) is 24.3 Å². The number of carbonyl (C=O) groups is 1. The Kier molecular flexibility index (Phi) is 6.77. The Bertz CT molecular complexity index is 1150. The number of halogens is 1. The number of benzene rings is 3. The number of rotatable bonds is 7. The quantitative estimate of drug-likeness (QED) is 0.580. The maximum atomic E-state index is 12.8. The second-order valence-electron chi connectivity index (χ2n) is 6.78. The first-order valence-electron chi connectivity index (χ1n) is 9.13. The molecule has 0 spiro atoms. The molecule has 3 rings (SSSR count). The van der Waals surface area contributed by atoms with Gasteiger partial charge in [-0.05, 0) is 41.5 Å². The van der Waals surface area contributed by atoms with Crippen molar-refractivity contribution in [2.75, 3.05) is 7.05 Å². The molecule has 1 amide bonds. The van der Waals surface area contributed by atoms with Crippen LogP contribution in [0.15, 0.2) is 77.7 Å². The van der Waals surface area contributed by atoms with Crippen LogP contribution in [0.1, 0.15) is 21.5 Å². The normalized spacial score (nSPS) is 11.3. The van der Waals surface area contributed by atoms with Crippen LogP contribution in [-0.4, -0.2) is 31.4 Å². The Morgan fingerprint density at radius 2 is 1.70 bits per heavy atom. The van der Waals surface area contributed by atoms with E-state index < -0.39 is 15.9 Å². The van der Waals surface area contributed by atoms with Crippen LogP contribution in [0.5, 0.6) is 5.75 Å². The minimum absolute atomic E-state index is 0.0953. The minimum atomic E-state index is -3.87. The molecule has 0 bridgehead atoms. The fourth-order valence-corrected chi connectivity index (χ4v) is 4.15. The van der Waals surface area contributed by atoms with E-state index in [2.05, 4.69) is 4.72 Å². The van der Waals surface area contributed by atoms with E-state index in [0.29, 0.717) is 5.02 Å². The number of hydrogen-bond donors (Lipinski definition) is 2. The van der Waals surface area contributed by atoms with Gasteiger partial charge in [0, 0.05) is 25.2 Å². The molecule has 0 fully saturated rings. The standard InChI is InChI=1S/C22H21ClN2O4S/c1-25(15-17-8-5-9-18(23)12-17)22(27)20-13-19(10-11-21(20)26)30(28,29)24-14-16-6-3-2-4-7-16/h2-13,24,26H,14-15H2,1H3. The summed E-state index contributed by atoms with van der Waals surface area (Å²) < 4.78 is 27.8. The highest BCUT2D eigenvalue weighted by Crippen LogP contribution is 2.24. The highest BCUT2D eigenvalue weighted by atomic mass is 35.5. The highest BCUT2D eigenvalue weighted by molar-refractivity contribution is 7.89. The number of carbonyl (C=O) groups excluding carboxylic acids is 1. The van der Waals surface area contributed by atoms with E-state index in [9.17, 15) is 18.3 Å². The Balaban J connectivity index is 1.79. The molecule has 0 atom stereocenters. The Labute approximate surface area is 180 Å². The molecule has 0 heterocycles. The van der Waals surface area contributed by atoms with Gasteiger partial charge in [0.15, 0.2) is 0 Å². The van der Waals surface area contributed by atoms with Gasteiger partial charge in [-0.25, -0.2) is 13.1 Å². The number of nitrogens with zero attached hydrogens (tertiary/aromatic N) is 1. The van der Waals surface area contributed by atoms with Gasteiger partial charge in [0.2, 0.25) is 10.0 Å². The van der Waals surface area contributed by atoms with Gasteiger partial charge in [0.25, 0.3) is 5.91 Å². The summed E-state index contributed by atoms with van der Waals surface area (Å²) in [7, 11) is -2.30. The summed E-state index contributed by atoms with van der Waals surface area (Å²) >= 11 is 5.98. The Morgan fingerprint density at radius 1 is 1.00 bits per heavy atom. The number of aromatic hydroxyl groups is 1. The fourth-order valence-electron chi connectivity index (χ4n) is 2.90. The lowest BCUT2D eigenvalue weighted by Gasteiger charge is -2.19. The second kappa shape index (κ2) is 9.30. The van der Waals surface area contributed by atoms with Crippen molar-refractivity contribution < 1.29 is 18.3 Å². The molecule has 0 aromatic heterocycles. The first kappa shape index (κ1) is 21.8. The molecule has 3 aromatic carbocycles. The maximum absolute atomic E-state index is 12.8. The number of nitrogens with one attached hydrogen (secondary N) is 1. The summed E-state index contributed by atoms with van der Waals surface area (Å²) in [4.78, 5) is 14.1. The number of amides is 1. The van der Waals surface area contributed by atoms with Crippen molar-refractivity contribution in [3.8, 4) is 5.75 Å². The van der Waals surface area contributed by atoms with Crippen molar-refractivity contribution in [3.05, 3.63) is 94.5 Å². The topological polar surface area (TPSA) is 86.7 Å². The van der Waals surface area contributed by atoms with Crippen LogP contribution in [-0.2, 0) is 23.1 Å². The van der Waals surface area contributed by atoms with Crippen LogP contribution in [0.2, 0.25) is 5.02 Å². The van der Waals surface area contributed by atoms with Gasteiger partial charge in [-0.2, -0.15) is 0 Å². The molecule has 0 aliphatic heterocycles. The summed E-state index contributed by atoms with van der Waals surface area (Å²) in [6, 6.07) is 19.8. The summed E-state index contributed by atoms with van der Waals surface area (Å²) in [6.45, 7) is 0.365. The van der Waals surface area contributed by atoms with Gasteiger partial charge in [-0.1, -0.05) is 54.1 Å². The van der Waals surface area contributed by atoms with Gasteiger partial charge in [0.05, 0.1) is 10.5 Å². The molecule has 156 valence electrons. The van der Waals surface area contributed by atoms with Crippen LogP contribution >= 0.6 is 11.6 Å². The van der Waals surface area contributed by atoms with Crippen molar-refractivity contribution in [2.45, 2.75) is 18.0 Å². The predicted molar refractivity (Wildman–Crippen MR) is 116 cm³/mol. The van der Waals surface area contributed by atoms with Crippen LogP contribution in [0, 0.1) is 0 Å². The molecule has 2 N–H and O–H groups in total. The van der Waals surface area contributed by atoms with Crippen LogP contribution in [0.3, 0.4) is 0 Å². The average molecular weight is 445 g/mol. The smallest absolute Gasteiger partial charge is 0.257 e. The molecule has 30 heavy (non-hydrogen) atoms. The summed E-state index contributed by atoms with van der Waals surface area (Å²) in [6.07, 6.45) is 0. The van der Waals surface area contributed by atoms with Crippen molar-refractivity contribution in [3.63, 3.8) is 0 Å². The van der Waals surface area contributed by atoms with Crippen LogP contribution in [0.25, 0.3) is 0 Å². The predicted octanol–water partition coefficient (Wildman–Crippen LogP) is 3.80. The molecule has 0 unspecified atom stereocenters. The third-order valence-corrected chi connectivity index (χ3v) is 6.11. The van der Waals surface area contributed by atoms with Crippen molar-refractivity contribution in [1.82, 2.24) is 9.62 Å². The lowest BCUT2D eigenvalue weighted by molar-refractivity contribution is 0.0782. The summed E-state index contributed by atoms with van der Waals surface area (Å²) in [5.74, 6) is -0.799. The fraction of sp³-hybridized carbons (Fsp3) is 0.136. The number of phenols is 1. The molecular weight excluding hydrogens is 424 g/mol. The molecule has 3 aromatic rings. The number of sulfonamides is 1. The zero-order valence-corrected chi connectivity index (χ0v) is 17.8. The number of phenolic OH excluding ortho intramolecular Hbond substituents is 1. The third kappa shape index (κ3) is 5.38. The molecule has 0 radical (unpaired) electrons. The SMILES string of the molecule is CN(Cc1cccc(Cl)c1)C(=O)c1cc(S(=O)(=O)NCc2ccccc2)ccc1O. The van der Waals surface area contributed by atoms with Gasteiger partial charge in [0.1, 0.15) is 5.75 Å². The first-order chi connectivity index (χ1) is 14.3. The monoisotopic (exact) mass is 444 g/mol. The van der Waals surface area contributed by atoms with Gasteiger partial charge in [-0.3, -0.25) is 4.79 Å². The minimum Gasteiger partial charge on any atom is -0.507 e. The Hall–Kier alpha value is -2.87. The van der Waals surface area contributed by atoms with Gasteiger partial charge < -0.3 is 10.0 Å².